The first-order chi connectivity index (χ1) is 6.17. The lowest BCUT2D eigenvalue weighted by Gasteiger charge is -2.26. The maximum Gasteiger partial charge on any atom is 0.208 e. The first-order valence-electron chi connectivity index (χ1n) is 4.91. The first kappa shape index (κ1) is 12.2. The zero-order valence-electron chi connectivity index (χ0n) is 9.17. The molecule has 0 aliphatic rings. The largest absolute Gasteiger partial charge is 0.342 e. The molecule has 0 aliphatic heterocycles. The molecule has 0 saturated heterocycles. The van der Waals surface area contributed by atoms with Gasteiger partial charge in [0.2, 0.25) is 5.96 Å². The summed E-state index contributed by atoms with van der Waals surface area (Å²) in [5.41, 5.74) is 2.63. The van der Waals surface area contributed by atoms with Crippen LogP contribution < -0.4 is 11.3 Å². The second-order valence-electron chi connectivity index (χ2n) is 3.22. The molecule has 1 atom stereocenters. The van der Waals surface area contributed by atoms with E-state index in [2.05, 4.69) is 36.1 Å². The highest BCUT2D eigenvalue weighted by Crippen LogP contribution is 2.00. The van der Waals surface area contributed by atoms with Gasteiger partial charge in [0.05, 0.1) is 0 Å². The molecule has 0 aromatic heterocycles. The van der Waals surface area contributed by atoms with Crippen LogP contribution in [0, 0.1) is 0 Å². The topological polar surface area (TPSA) is 53.6 Å². The van der Waals surface area contributed by atoms with Crippen molar-refractivity contribution in [3.63, 3.8) is 0 Å². The number of nitrogens with zero attached hydrogens (tertiary/aromatic N) is 2. The fourth-order valence-corrected chi connectivity index (χ4v) is 0.959. The SMILES string of the molecule is CCCN=C(NN)N(C)C(C)CC. The van der Waals surface area contributed by atoms with Crippen molar-refractivity contribution in [1.29, 1.82) is 0 Å². The number of hydrogen-bond donors (Lipinski definition) is 2. The van der Waals surface area contributed by atoms with Crippen molar-refractivity contribution < 1.29 is 0 Å². The second kappa shape index (κ2) is 6.71. The highest BCUT2D eigenvalue weighted by Gasteiger charge is 2.09. The molecule has 4 heteroatoms. The highest BCUT2D eigenvalue weighted by atomic mass is 15.4. The fourth-order valence-electron chi connectivity index (χ4n) is 0.959. The predicted molar refractivity (Wildman–Crippen MR) is 57.4 cm³/mol. The molecule has 0 aromatic rings. The Balaban J connectivity index is 4.21. The summed E-state index contributed by atoms with van der Waals surface area (Å²) in [6.07, 6.45) is 2.13. The van der Waals surface area contributed by atoms with E-state index in [4.69, 9.17) is 5.84 Å². The van der Waals surface area contributed by atoms with Crippen LogP contribution in [0.15, 0.2) is 4.99 Å². The smallest absolute Gasteiger partial charge is 0.208 e. The Morgan fingerprint density at radius 3 is 2.54 bits per heavy atom. The third-order valence-corrected chi connectivity index (χ3v) is 2.20. The summed E-state index contributed by atoms with van der Waals surface area (Å²) >= 11 is 0. The molecule has 0 aliphatic carbocycles. The molecule has 0 spiro atoms. The number of hydrogen-bond acceptors (Lipinski definition) is 2. The second-order valence-corrected chi connectivity index (χ2v) is 3.22. The third-order valence-electron chi connectivity index (χ3n) is 2.20. The van der Waals surface area contributed by atoms with Crippen molar-refractivity contribution >= 4 is 5.96 Å². The molecule has 0 fully saturated rings. The summed E-state index contributed by atoms with van der Waals surface area (Å²) in [6, 6.07) is 0.464. The van der Waals surface area contributed by atoms with E-state index < -0.39 is 0 Å². The van der Waals surface area contributed by atoms with E-state index in [1.54, 1.807) is 0 Å². The number of guanidine groups is 1. The molecule has 0 bridgehead atoms. The zero-order chi connectivity index (χ0) is 10.3. The van der Waals surface area contributed by atoms with Crippen LogP contribution in [0.5, 0.6) is 0 Å². The van der Waals surface area contributed by atoms with Gasteiger partial charge in [0.25, 0.3) is 0 Å². The highest BCUT2D eigenvalue weighted by molar-refractivity contribution is 5.79. The van der Waals surface area contributed by atoms with E-state index in [0.717, 1.165) is 25.3 Å². The lowest BCUT2D eigenvalue weighted by Crippen LogP contribution is -2.46. The van der Waals surface area contributed by atoms with Crippen LogP contribution in [0.1, 0.15) is 33.6 Å². The molecule has 3 N–H and O–H groups in total. The molecular weight excluding hydrogens is 164 g/mol. The number of rotatable bonds is 4. The summed E-state index contributed by atoms with van der Waals surface area (Å²) in [7, 11) is 2.00. The lowest BCUT2D eigenvalue weighted by atomic mass is 10.2. The minimum absolute atomic E-state index is 0.464. The van der Waals surface area contributed by atoms with Gasteiger partial charge in [0.15, 0.2) is 0 Å². The predicted octanol–water partition coefficient (Wildman–Crippen LogP) is 0.946. The minimum atomic E-state index is 0.464. The summed E-state index contributed by atoms with van der Waals surface area (Å²) in [5.74, 6) is 6.16. The summed E-state index contributed by atoms with van der Waals surface area (Å²) in [6.45, 7) is 7.22. The van der Waals surface area contributed by atoms with Gasteiger partial charge in [-0.05, 0) is 19.8 Å². The van der Waals surface area contributed by atoms with Crippen molar-refractivity contribution in [2.75, 3.05) is 13.6 Å². The van der Waals surface area contributed by atoms with Crippen molar-refractivity contribution in [3.8, 4) is 0 Å². The molecule has 13 heavy (non-hydrogen) atoms. The van der Waals surface area contributed by atoms with Crippen LogP contribution in [0.3, 0.4) is 0 Å². The molecule has 0 aromatic carbocycles. The molecular formula is C9H22N4. The Morgan fingerprint density at radius 2 is 2.15 bits per heavy atom. The molecule has 78 valence electrons. The van der Waals surface area contributed by atoms with E-state index in [-0.39, 0.29) is 0 Å². The Morgan fingerprint density at radius 1 is 1.54 bits per heavy atom. The maximum atomic E-state index is 5.38. The maximum absolute atomic E-state index is 5.38. The number of hydrazine groups is 1. The molecule has 4 nitrogen and oxygen atoms in total. The van der Waals surface area contributed by atoms with Crippen LogP contribution in [0.25, 0.3) is 0 Å². The van der Waals surface area contributed by atoms with Crippen LogP contribution in [0.4, 0.5) is 0 Å². The fraction of sp³-hybridized carbons (Fsp3) is 0.889. The van der Waals surface area contributed by atoms with E-state index in [1.807, 2.05) is 7.05 Å². The van der Waals surface area contributed by atoms with Gasteiger partial charge in [0, 0.05) is 19.6 Å². The van der Waals surface area contributed by atoms with E-state index in [1.165, 1.54) is 0 Å². The standard InChI is InChI=1S/C9H22N4/c1-5-7-11-9(12-10)13(4)8(3)6-2/h8H,5-7,10H2,1-4H3,(H,11,12). The van der Waals surface area contributed by atoms with Crippen LogP contribution in [0.2, 0.25) is 0 Å². The molecule has 1 unspecified atom stereocenters. The average molecular weight is 186 g/mol. The molecule has 0 rings (SSSR count). The van der Waals surface area contributed by atoms with Crippen molar-refractivity contribution in [1.82, 2.24) is 10.3 Å². The minimum Gasteiger partial charge on any atom is -0.342 e. The zero-order valence-corrected chi connectivity index (χ0v) is 9.17. The van der Waals surface area contributed by atoms with Gasteiger partial charge >= 0.3 is 0 Å². The molecule has 0 saturated carbocycles. The van der Waals surface area contributed by atoms with Gasteiger partial charge in [-0.1, -0.05) is 13.8 Å². The number of aliphatic imine (C=N–C) groups is 1. The van der Waals surface area contributed by atoms with Crippen molar-refractivity contribution in [2.24, 2.45) is 10.8 Å². The lowest BCUT2D eigenvalue weighted by molar-refractivity contribution is 0.367. The van der Waals surface area contributed by atoms with E-state index in [0.29, 0.717) is 6.04 Å². The Kier molecular flexibility index (Phi) is 6.32. The van der Waals surface area contributed by atoms with Gasteiger partial charge in [-0.2, -0.15) is 0 Å². The van der Waals surface area contributed by atoms with Gasteiger partial charge in [-0.3, -0.25) is 10.4 Å². The van der Waals surface area contributed by atoms with Gasteiger partial charge in [-0.25, -0.2) is 5.84 Å². The molecule has 0 radical (unpaired) electrons. The Hall–Kier alpha value is -0.770. The molecule has 0 amide bonds. The number of nitrogens with one attached hydrogen (secondary N) is 1. The Labute approximate surface area is 81.2 Å². The average Bonchev–Trinajstić information content (AvgIpc) is 2.17. The van der Waals surface area contributed by atoms with Crippen molar-refractivity contribution in [2.45, 2.75) is 39.7 Å². The number of nitrogens with two attached hydrogens (primary N) is 1. The van der Waals surface area contributed by atoms with Crippen LogP contribution in [-0.4, -0.2) is 30.5 Å². The van der Waals surface area contributed by atoms with Gasteiger partial charge in [0.1, 0.15) is 0 Å². The van der Waals surface area contributed by atoms with E-state index >= 15 is 0 Å². The van der Waals surface area contributed by atoms with Crippen molar-refractivity contribution in [3.05, 3.63) is 0 Å². The summed E-state index contributed by atoms with van der Waals surface area (Å²) in [4.78, 5) is 6.40. The third kappa shape index (κ3) is 4.12. The Bertz CT molecular complexity index is 156. The summed E-state index contributed by atoms with van der Waals surface area (Å²) < 4.78 is 0. The summed E-state index contributed by atoms with van der Waals surface area (Å²) in [5, 5.41) is 0. The first-order valence-corrected chi connectivity index (χ1v) is 4.91. The molecule has 0 heterocycles. The van der Waals surface area contributed by atoms with Gasteiger partial charge < -0.3 is 4.90 Å². The van der Waals surface area contributed by atoms with Gasteiger partial charge in [-0.15, -0.1) is 0 Å². The van der Waals surface area contributed by atoms with E-state index in [9.17, 15) is 0 Å². The monoisotopic (exact) mass is 186 g/mol. The normalized spacial score (nSPS) is 14.1. The quantitative estimate of drug-likeness (QED) is 0.297. The van der Waals surface area contributed by atoms with Crippen LogP contribution in [-0.2, 0) is 0 Å². The van der Waals surface area contributed by atoms with Crippen LogP contribution >= 0.6 is 0 Å².